The molecule has 4 aromatic rings. The fourth-order valence-corrected chi connectivity index (χ4v) is 4.57. The second kappa shape index (κ2) is 12.2. The van der Waals surface area contributed by atoms with Gasteiger partial charge >= 0.3 is 0 Å². The van der Waals surface area contributed by atoms with Gasteiger partial charge in [-0.3, -0.25) is 4.79 Å². The van der Waals surface area contributed by atoms with E-state index in [4.69, 9.17) is 9.72 Å². The Bertz CT molecular complexity index is 1520. The predicted molar refractivity (Wildman–Crippen MR) is 165 cm³/mol. The second-order valence-electron chi connectivity index (χ2n) is 10.5. The molecule has 2 heterocycles. The quantitative estimate of drug-likeness (QED) is 0.238. The second-order valence-corrected chi connectivity index (χ2v) is 10.5. The number of carbonyl (C=O) groups excluding carboxylic acids is 1. The van der Waals surface area contributed by atoms with Crippen LogP contribution in [0.25, 0.3) is 22.2 Å². The van der Waals surface area contributed by atoms with E-state index in [2.05, 4.69) is 74.8 Å². The molecule has 0 aliphatic heterocycles. The summed E-state index contributed by atoms with van der Waals surface area (Å²) in [5, 5.41) is 7.39. The van der Waals surface area contributed by atoms with E-state index in [1.54, 1.807) is 13.3 Å². The van der Waals surface area contributed by atoms with Crippen LogP contribution in [0.3, 0.4) is 0 Å². The third-order valence-electron chi connectivity index (χ3n) is 6.91. The van der Waals surface area contributed by atoms with E-state index >= 15 is 0 Å². The molecule has 9 heteroatoms. The van der Waals surface area contributed by atoms with Gasteiger partial charge in [0.25, 0.3) is 0 Å². The van der Waals surface area contributed by atoms with Crippen LogP contribution in [0, 0.1) is 0 Å². The van der Waals surface area contributed by atoms with Gasteiger partial charge in [-0.1, -0.05) is 26.5 Å². The van der Waals surface area contributed by atoms with Crippen molar-refractivity contribution in [2.75, 3.05) is 56.9 Å². The molecule has 1 amide bonds. The minimum atomic E-state index is -0.298. The molecular weight excluding hydrogens is 502 g/mol. The van der Waals surface area contributed by atoms with Crippen LogP contribution in [0.4, 0.5) is 23.0 Å². The van der Waals surface area contributed by atoms with E-state index in [0.29, 0.717) is 29.0 Å². The first-order valence-corrected chi connectivity index (χ1v) is 13.3. The number of anilines is 4. The highest BCUT2D eigenvalue weighted by atomic mass is 16.5. The minimum absolute atomic E-state index is 0.298. The predicted octanol–water partition coefficient (Wildman–Crippen LogP) is 5.63. The van der Waals surface area contributed by atoms with Crippen LogP contribution in [-0.4, -0.2) is 66.7 Å². The lowest BCUT2D eigenvalue weighted by molar-refractivity contribution is -0.111. The molecule has 4 rings (SSSR count). The van der Waals surface area contributed by atoms with E-state index in [-0.39, 0.29) is 5.91 Å². The number of hydrogen-bond donors (Lipinski definition) is 2. The fraction of sp³-hybridized carbons (Fsp3) is 0.323. The largest absolute Gasteiger partial charge is 0.494 e. The van der Waals surface area contributed by atoms with Gasteiger partial charge in [0.2, 0.25) is 11.9 Å². The highest BCUT2D eigenvalue weighted by molar-refractivity contribution is 6.02. The topological polar surface area (TPSA) is 87.5 Å². The summed E-state index contributed by atoms with van der Waals surface area (Å²) in [6.07, 6.45) is 5.09. The number of aryl methyl sites for hydroxylation is 1. The normalized spacial score (nSPS) is 11.2. The summed E-state index contributed by atoms with van der Waals surface area (Å²) in [7, 11) is 9.69. The van der Waals surface area contributed by atoms with Crippen LogP contribution in [0.1, 0.15) is 25.3 Å². The maximum absolute atomic E-state index is 12.3. The summed E-state index contributed by atoms with van der Waals surface area (Å²) in [5.74, 6) is 1.15. The molecule has 0 atom stereocenters. The number of nitrogens with one attached hydrogen (secondary N) is 2. The Hall–Kier alpha value is -4.37. The summed E-state index contributed by atoms with van der Waals surface area (Å²) >= 11 is 0. The molecule has 0 saturated heterocycles. The van der Waals surface area contributed by atoms with Crippen molar-refractivity contribution in [3.63, 3.8) is 0 Å². The van der Waals surface area contributed by atoms with Gasteiger partial charge in [0, 0.05) is 62.1 Å². The van der Waals surface area contributed by atoms with Crippen LogP contribution in [0.15, 0.2) is 61.4 Å². The van der Waals surface area contributed by atoms with Crippen molar-refractivity contribution < 1.29 is 9.53 Å². The summed E-state index contributed by atoms with van der Waals surface area (Å²) in [6.45, 7) is 9.59. The Morgan fingerprint density at radius 2 is 1.90 bits per heavy atom. The van der Waals surface area contributed by atoms with Gasteiger partial charge in [-0.2, -0.15) is 0 Å². The number of carbonyl (C=O) groups is 1. The van der Waals surface area contributed by atoms with Crippen LogP contribution in [0.2, 0.25) is 0 Å². The first-order valence-electron chi connectivity index (χ1n) is 13.3. The lowest BCUT2D eigenvalue weighted by Gasteiger charge is -2.26. The molecule has 0 radical (unpaired) electrons. The average Bonchev–Trinajstić information content (AvgIpc) is 3.27. The van der Waals surface area contributed by atoms with Crippen molar-refractivity contribution in [2.45, 2.75) is 19.8 Å². The number of amides is 1. The van der Waals surface area contributed by atoms with Crippen molar-refractivity contribution in [2.24, 2.45) is 7.05 Å². The van der Waals surface area contributed by atoms with Crippen LogP contribution >= 0.6 is 0 Å². The monoisotopic (exact) mass is 541 g/mol. The van der Waals surface area contributed by atoms with Gasteiger partial charge in [0.05, 0.1) is 29.9 Å². The molecule has 0 spiro atoms. The van der Waals surface area contributed by atoms with Crippen molar-refractivity contribution in [1.82, 2.24) is 19.4 Å². The zero-order valence-corrected chi connectivity index (χ0v) is 24.4. The summed E-state index contributed by atoms with van der Waals surface area (Å²) in [4.78, 5) is 25.8. The molecule has 9 nitrogen and oxygen atoms in total. The van der Waals surface area contributed by atoms with E-state index < -0.39 is 0 Å². The number of aromatic nitrogens is 3. The molecule has 40 heavy (non-hydrogen) atoms. The number of fused-ring (bicyclic) bond motifs is 1. The Morgan fingerprint density at radius 3 is 2.58 bits per heavy atom. The van der Waals surface area contributed by atoms with Crippen LogP contribution in [-0.2, 0) is 11.8 Å². The lowest BCUT2D eigenvalue weighted by atomic mass is 10.00. The minimum Gasteiger partial charge on any atom is -0.494 e. The Morgan fingerprint density at radius 1 is 1.12 bits per heavy atom. The molecule has 0 unspecified atom stereocenters. The molecule has 0 aliphatic carbocycles. The van der Waals surface area contributed by atoms with E-state index in [9.17, 15) is 4.79 Å². The van der Waals surface area contributed by atoms with E-state index in [0.717, 1.165) is 40.9 Å². The standard InChI is InChI=1S/C31H39N7O2/c1-9-30(39)33-25-17-26(29(40-8)18-28(25)37(6)15-14-36(4)5)35-31-32-13-12-24(34-31)23-19-38(7)27-11-10-21(20(2)3)16-22(23)27/h9-13,16-20H,1,14-15H2,2-8H3,(H,33,39)(H,32,34,35). The van der Waals surface area contributed by atoms with Gasteiger partial charge in [-0.15, -0.1) is 0 Å². The number of nitrogens with zero attached hydrogens (tertiary/aromatic N) is 5. The van der Waals surface area contributed by atoms with Gasteiger partial charge in [-0.05, 0) is 55.9 Å². The molecule has 2 N–H and O–H groups in total. The maximum Gasteiger partial charge on any atom is 0.247 e. The highest BCUT2D eigenvalue weighted by Gasteiger charge is 2.17. The van der Waals surface area contributed by atoms with E-state index in [1.165, 1.54) is 11.6 Å². The van der Waals surface area contributed by atoms with Gasteiger partial charge in [0.15, 0.2) is 0 Å². The van der Waals surface area contributed by atoms with Crippen LogP contribution < -0.4 is 20.3 Å². The molecular formula is C31H39N7O2. The van der Waals surface area contributed by atoms with Crippen molar-refractivity contribution in [3.05, 3.63) is 67.0 Å². The number of methoxy groups -OCH3 is 1. The first kappa shape index (κ1) is 28.6. The third-order valence-corrected chi connectivity index (χ3v) is 6.91. The van der Waals surface area contributed by atoms with E-state index in [1.807, 2.05) is 46.4 Å². The molecule has 2 aromatic heterocycles. The Balaban J connectivity index is 1.73. The zero-order chi connectivity index (χ0) is 29.0. The van der Waals surface area contributed by atoms with Crippen molar-refractivity contribution >= 4 is 39.8 Å². The fourth-order valence-electron chi connectivity index (χ4n) is 4.57. The van der Waals surface area contributed by atoms with Crippen LogP contribution in [0.5, 0.6) is 5.75 Å². The number of ether oxygens (including phenoxy) is 1. The van der Waals surface area contributed by atoms with Gasteiger partial charge in [0.1, 0.15) is 5.75 Å². The molecule has 0 bridgehead atoms. The number of benzene rings is 2. The number of likely N-dealkylation sites (N-methyl/N-ethyl adjacent to an activating group) is 2. The lowest BCUT2D eigenvalue weighted by Crippen LogP contribution is -2.29. The molecule has 0 aliphatic rings. The molecule has 210 valence electrons. The zero-order valence-electron chi connectivity index (χ0n) is 24.4. The summed E-state index contributed by atoms with van der Waals surface area (Å²) < 4.78 is 7.86. The third kappa shape index (κ3) is 6.26. The summed E-state index contributed by atoms with van der Waals surface area (Å²) in [5.41, 5.74) is 6.35. The first-order chi connectivity index (χ1) is 19.1. The number of rotatable bonds is 11. The Kier molecular flexibility index (Phi) is 8.74. The Labute approximate surface area is 236 Å². The smallest absolute Gasteiger partial charge is 0.247 e. The molecule has 0 saturated carbocycles. The SMILES string of the molecule is C=CC(=O)Nc1cc(Nc2nccc(-c3cn(C)c4ccc(C(C)C)cc34)n2)c(OC)cc1N(C)CCN(C)C. The highest BCUT2D eigenvalue weighted by Crippen LogP contribution is 2.38. The maximum atomic E-state index is 12.3. The molecule has 0 fully saturated rings. The van der Waals surface area contributed by atoms with Gasteiger partial charge < -0.3 is 29.7 Å². The number of hydrogen-bond acceptors (Lipinski definition) is 7. The summed E-state index contributed by atoms with van der Waals surface area (Å²) in [6, 6.07) is 12.2. The van der Waals surface area contributed by atoms with Crippen molar-refractivity contribution in [1.29, 1.82) is 0 Å². The molecule has 2 aromatic carbocycles. The van der Waals surface area contributed by atoms with Crippen molar-refractivity contribution in [3.8, 4) is 17.0 Å². The van der Waals surface area contributed by atoms with Gasteiger partial charge in [-0.25, -0.2) is 9.97 Å². The average molecular weight is 542 g/mol.